The third-order valence-electron chi connectivity index (χ3n) is 4.38. The van der Waals surface area contributed by atoms with Crippen LogP contribution >= 0.6 is 12.4 Å². The van der Waals surface area contributed by atoms with Gasteiger partial charge in [0.1, 0.15) is 0 Å². The van der Waals surface area contributed by atoms with Gasteiger partial charge in [0.25, 0.3) is 0 Å². The fraction of sp³-hybridized carbons (Fsp3) is 0.647. The lowest BCUT2D eigenvalue weighted by atomic mass is 9.91. The van der Waals surface area contributed by atoms with Crippen LogP contribution < -0.4 is 5.73 Å². The first-order chi connectivity index (χ1) is 10.6. The van der Waals surface area contributed by atoms with E-state index >= 15 is 0 Å². The van der Waals surface area contributed by atoms with Gasteiger partial charge < -0.3 is 5.73 Å². The van der Waals surface area contributed by atoms with Crippen molar-refractivity contribution < 1.29 is 8.42 Å². The summed E-state index contributed by atoms with van der Waals surface area (Å²) in [6.07, 6.45) is 6.39. The van der Waals surface area contributed by atoms with E-state index in [0.717, 1.165) is 18.4 Å². The van der Waals surface area contributed by atoms with Crippen molar-refractivity contribution in [1.29, 1.82) is 0 Å². The van der Waals surface area contributed by atoms with Crippen molar-refractivity contribution in [2.75, 3.05) is 18.8 Å². The van der Waals surface area contributed by atoms with Crippen molar-refractivity contribution in [1.82, 2.24) is 4.31 Å². The van der Waals surface area contributed by atoms with Gasteiger partial charge in [-0.15, -0.1) is 12.4 Å². The number of hydrogen-bond acceptors (Lipinski definition) is 3. The Morgan fingerprint density at radius 2 is 1.74 bits per heavy atom. The van der Waals surface area contributed by atoms with Crippen LogP contribution in [0.4, 0.5) is 0 Å². The third-order valence-corrected chi connectivity index (χ3v) is 6.37. The monoisotopic (exact) mass is 360 g/mol. The van der Waals surface area contributed by atoms with Crippen LogP contribution in [0.5, 0.6) is 0 Å². The summed E-state index contributed by atoms with van der Waals surface area (Å²) in [5.41, 5.74) is 6.61. The predicted molar refractivity (Wildman–Crippen MR) is 98.1 cm³/mol. The Kier molecular flexibility index (Phi) is 9.14. The highest BCUT2D eigenvalue weighted by molar-refractivity contribution is 7.89. The van der Waals surface area contributed by atoms with E-state index in [2.05, 4.69) is 0 Å². The molecule has 0 aliphatic heterocycles. The number of benzene rings is 1. The zero-order valence-corrected chi connectivity index (χ0v) is 15.3. The molecule has 1 aromatic carbocycles. The maximum atomic E-state index is 12.8. The van der Waals surface area contributed by atoms with Crippen molar-refractivity contribution in [2.45, 2.75) is 45.1 Å². The zero-order chi connectivity index (χ0) is 15.8. The molecule has 4 nitrogen and oxygen atoms in total. The van der Waals surface area contributed by atoms with Gasteiger partial charge >= 0.3 is 0 Å². The molecule has 2 N–H and O–H groups in total. The molecule has 0 radical (unpaired) electrons. The smallest absolute Gasteiger partial charge is 0.214 e. The maximum absolute atomic E-state index is 12.8. The fourth-order valence-electron chi connectivity index (χ4n) is 3.13. The predicted octanol–water partition coefficient (Wildman–Crippen LogP) is 3.17. The highest BCUT2D eigenvalue weighted by Crippen LogP contribution is 2.26. The van der Waals surface area contributed by atoms with Crippen LogP contribution in [0, 0.1) is 5.92 Å². The number of hydrogen-bond donors (Lipinski definition) is 1. The summed E-state index contributed by atoms with van der Waals surface area (Å²) >= 11 is 0. The quantitative estimate of drug-likeness (QED) is 0.774. The topological polar surface area (TPSA) is 63.4 Å². The minimum atomic E-state index is -3.21. The highest BCUT2D eigenvalue weighted by atomic mass is 35.5. The second kappa shape index (κ2) is 10.3. The lowest BCUT2D eigenvalue weighted by Gasteiger charge is -2.27. The van der Waals surface area contributed by atoms with Crippen LogP contribution in [0.2, 0.25) is 0 Å². The molecular formula is C17H29ClN2O2S. The van der Waals surface area contributed by atoms with E-state index in [4.69, 9.17) is 5.73 Å². The first-order valence-corrected chi connectivity index (χ1v) is 9.94. The van der Waals surface area contributed by atoms with Gasteiger partial charge in [-0.3, -0.25) is 0 Å². The van der Waals surface area contributed by atoms with Gasteiger partial charge in [-0.1, -0.05) is 49.6 Å². The van der Waals surface area contributed by atoms with E-state index in [9.17, 15) is 8.42 Å². The van der Waals surface area contributed by atoms with E-state index < -0.39 is 10.0 Å². The normalized spacial score (nSPS) is 16.3. The molecule has 0 unspecified atom stereocenters. The first-order valence-electron chi connectivity index (χ1n) is 8.33. The summed E-state index contributed by atoms with van der Waals surface area (Å²) in [4.78, 5) is 0. The van der Waals surface area contributed by atoms with Crippen molar-refractivity contribution >= 4 is 22.4 Å². The number of halogens is 1. The number of sulfonamides is 1. The largest absolute Gasteiger partial charge is 0.330 e. The fourth-order valence-corrected chi connectivity index (χ4v) is 5.02. The Morgan fingerprint density at radius 1 is 1.09 bits per heavy atom. The van der Waals surface area contributed by atoms with Crippen LogP contribution in [-0.4, -0.2) is 31.6 Å². The highest BCUT2D eigenvalue weighted by Gasteiger charge is 2.27. The van der Waals surface area contributed by atoms with Crippen LogP contribution in [-0.2, 0) is 16.6 Å². The molecule has 0 bridgehead atoms. The maximum Gasteiger partial charge on any atom is 0.214 e. The Morgan fingerprint density at radius 3 is 2.35 bits per heavy atom. The molecule has 0 heterocycles. The minimum absolute atomic E-state index is 0. The van der Waals surface area contributed by atoms with Gasteiger partial charge in [0.2, 0.25) is 10.0 Å². The summed E-state index contributed by atoms with van der Waals surface area (Å²) in [5.74, 6) is 0.625. The standard InChI is InChI=1S/C17H28N2O2S.ClH/c18-12-7-13-19(14-16-8-3-1-4-9-16)22(20,21)15-17-10-5-2-6-11-17;/h1,3-4,8-9,17H,2,5-7,10-15,18H2;1H. The van der Waals surface area contributed by atoms with E-state index in [1.165, 1.54) is 19.3 Å². The second-order valence-electron chi connectivity index (χ2n) is 6.24. The summed E-state index contributed by atoms with van der Waals surface area (Å²) < 4.78 is 27.2. The van der Waals surface area contributed by atoms with Crippen molar-refractivity contribution in [2.24, 2.45) is 11.7 Å². The molecule has 6 heteroatoms. The molecular weight excluding hydrogens is 332 g/mol. The molecule has 1 aliphatic rings. The van der Waals surface area contributed by atoms with E-state index in [1.54, 1.807) is 4.31 Å². The second-order valence-corrected chi connectivity index (χ2v) is 8.26. The molecule has 23 heavy (non-hydrogen) atoms. The minimum Gasteiger partial charge on any atom is -0.330 e. The molecule has 1 saturated carbocycles. The third kappa shape index (κ3) is 6.79. The number of nitrogens with two attached hydrogens (primary N) is 1. The van der Waals surface area contributed by atoms with Gasteiger partial charge in [-0.2, -0.15) is 4.31 Å². The van der Waals surface area contributed by atoms with Crippen LogP contribution in [0.1, 0.15) is 44.1 Å². The summed E-state index contributed by atoms with van der Waals surface area (Å²) in [5, 5.41) is 0. The lowest BCUT2D eigenvalue weighted by molar-refractivity contribution is 0.361. The molecule has 0 spiro atoms. The lowest BCUT2D eigenvalue weighted by Crippen LogP contribution is -2.36. The van der Waals surface area contributed by atoms with Gasteiger partial charge in [0.05, 0.1) is 5.75 Å². The van der Waals surface area contributed by atoms with Gasteiger partial charge in [0, 0.05) is 13.1 Å². The Balaban J connectivity index is 0.00000264. The van der Waals surface area contributed by atoms with Crippen LogP contribution in [0.25, 0.3) is 0 Å². The molecule has 1 aromatic rings. The molecule has 0 amide bonds. The zero-order valence-electron chi connectivity index (χ0n) is 13.7. The Hall–Kier alpha value is -0.620. The van der Waals surface area contributed by atoms with E-state index in [0.29, 0.717) is 37.7 Å². The van der Waals surface area contributed by atoms with Gasteiger partial charge in [-0.25, -0.2) is 8.42 Å². The van der Waals surface area contributed by atoms with E-state index in [1.807, 2.05) is 30.3 Å². The van der Waals surface area contributed by atoms with Crippen LogP contribution in [0.15, 0.2) is 30.3 Å². The van der Waals surface area contributed by atoms with Crippen molar-refractivity contribution in [3.8, 4) is 0 Å². The summed E-state index contributed by atoms with van der Waals surface area (Å²) in [6.45, 7) is 1.49. The molecule has 1 aliphatic carbocycles. The van der Waals surface area contributed by atoms with Crippen molar-refractivity contribution in [3.63, 3.8) is 0 Å². The molecule has 2 rings (SSSR count). The summed E-state index contributed by atoms with van der Waals surface area (Å²) in [6, 6.07) is 9.80. The molecule has 1 fully saturated rings. The Bertz CT molecular complexity index is 531. The first kappa shape index (κ1) is 20.4. The molecule has 0 saturated heterocycles. The van der Waals surface area contributed by atoms with Gasteiger partial charge in [-0.05, 0) is 37.3 Å². The van der Waals surface area contributed by atoms with Crippen LogP contribution in [0.3, 0.4) is 0 Å². The average molecular weight is 361 g/mol. The average Bonchev–Trinajstić information content (AvgIpc) is 2.53. The molecule has 132 valence electrons. The summed E-state index contributed by atoms with van der Waals surface area (Å²) in [7, 11) is -3.21. The number of nitrogens with zero attached hydrogens (tertiary/aromatic N) is 1. The molecule has 0 aromatic heterocycles. The number of rotatable bonds is 8. The SMILES string of the molecule is Cl.NCCCN(Cc1ccccc1)S(=O)(=O)CC1CCCCC1. The molecule has 0 atom stereocenters. The van der Waals surface area contributed by atoms with Crippen molar-refractivity contribution in [3.05, 3.63) is 35.9 Å². The Labute approximate surface area is 146 Å². The van der Waals surface area contributed by atoms with E-state index in [-0.39, 0.29) is 12.4 Å². The van der Waals surface area contributed by atoms with Gasteiger partial charge in [0.15, 0.2) is 0 Å².